The fourth-order valence-corrected chi connectivity index (χ4v) is 0.720. The highest BCUT2D eigenvalue weighted by molar-refractivity contribution is 9.10. The van der Waals surface area contributed by atoms with Gasteiger partial charge in [0.05, 0.1) is 0 Å². The van der Waals surface area contributed by atoms with Crippen LogP contribution in [0.1, 0.15) is 0 Å². The van der Waals surface area contributed by atoms with Crippen LogP contribution < -0.4 is 0 Å². The quantitative estimate of drug-likeness (QED) is 0.571. The van der Waals surface area contributed by atoms with Gasteiger partial charge in [0.15, 0.2) is 0 Å². The lowest BCUT2D eigenvalue weighted by molar-refractivity contribution is 1.66. The summed E-state index contributed by atoms with van der Waals surface area (Å²) in [5.74, 6) is 0. The summed E-state index contributed by atoms with van der Waals surface area (Å²) >= 11 is 3.31. The minimum absolute atomic E-state index is 1.13. The molecule has 0 aromatic heterocycles. The van der Waals surface area contributed by atoms with Crippen molar-refractivity contribution in [3.05, 3.63) is 34.8 Å². The van der Waals surface area contributed by atoms with Crippen LogP contribution in [0, 0.1) is 0 Å². The van der Waals surface area contributed by atoms with Gasteiger partial charge in [-0.1, -0.05) is 40.8 Å². The molecule has 9 heavy (non-hydrogen) atoms. The van der Waals surface area contributed by atoms with Crippen LogP contribution in [0.2, 0.25) is 0 Å². The SMILES string of the molecule is Brc1ccccc1.CP. The largest absolute Gasteiger partial charge is 0.141 e. The van der Waals surface area contributed by atoms with Crippen LogP contribution in [0.4, 0.5) is 0 Å². The second kappa shape index (κ2) is 6.25. The van der Waals surface area contributed by atoms with Gasteiger partial charge in [0.2, 0.25) is 0 Å². The van der Waals surface area contributed by atoms with Crippen molar-refractivity contribution in [2.45, 2.75) is 0 Å². The van der Waals surface area contributed by atoms with E-state index in [0.29, 0.717) is 0 Å². The van der Waals surface area contributed by atoms with E-state index in [1.54, 1.807) is 0 Å². The summed E-state index contributed by atoms with van der Waals surface area (Å²) in [4.78, 5) is 0. The molecule has 0 N–H and O–H groups in total. The van der Waals surface area contributed by atoms with Crippen LogP contribution in [-0.2, 0) is 0 Å². The molecule has 0 fully saturated rings. The minimum atomic E-state index is 1.13. The van der Waals surface area contributed by atoms with Crippen LogP contribution in [0.3, 0.4) is 0 Å². The highest BCUT2D eigenvalue weighted by Gasteiger charge is 1.74. The predicted molar refractivity (Wildman–Crippen MR) is 49.8 cm³/mol. The van der Waals surface area contributed by atoms with E-state index in [1.807, 2.05) is 37.0 Å². The average Bonchev–Trinajstić information content (AvgIpc) is 1.94. The first-order valence-corrected chi connectivity index (χ1v) is 4.62. The maximum atomic E-state index is 3.31. The standard InChI is InChI=1S/C6H5Br.CH5P/c7-6-4-2-1-3-5-6;1-2/h1-5H;2H2,1H3. The van der Waals surface area contributed by atoms with Gasteiger partial charge in [-0.05, 0) is 12.1 Å². The Balaban J connectivity index is 0.000000291. The highest BCUT2D eigenvalue weighted by atomic mass is 79.9. The molecule has 1 unspecified atom stereocenters. The Labute approximate surface area is 67.0 Å². The molecular weight excluding hydrogens is 195 g/mol. The molecule has 50 valence electrons. The molecule has 0 nitrogen and oxygen atoms in total. The van der Waals surface area contributed by atoms with E-state index < -0.39 is 0 Å². The van der Waals surface area contributed by atoms with Gasteiger partial charge < -0.3 is 0 Å². The molecule has 0 saturated carbocycles. The van der Waals surface area contributed by atoms with Gasteiger partial charge in [0.1, 0.15) is 0 Å². The summed E-state index contributed by atoms with van der Waals surface area (Å²) in [5.41, 5.74) is 0. The van der Waals surface area contributed by atoms with Gasteiger partial charge in [-0.3, -0.25) is 0 Å². The van der Waals surface area contributed by atoms with Crippen LogP contribution in [0.5, 0.6) is 0 Å². The maximum Gasteiger partial charge on any atom is 0.0175 e. The fraction of sp³-hybridized carbons (Fsp3) is 0.143. The first-order valence-electron chi connectivity index (χ1n) is 2.68. The molecule has 1 atom stereocenters. The molecule has 1 aromatic carbocycles. The number of rotatable bonds is 0. The molecule has 0 spiro atoms. The third kappa shape index (κ3) is 4.62. The number of hydrogen-bond donors (Lipinski definition) is 0. The molecule has 0 aliphatic heterocycles. The Kier molecular flexibility index (Phi) is 6.34. The number of hydrogen-bond acceptors (Lipinski definition) is 0. The molecule has 1 aromatic rings. The van der Waals surface area contributed by atoms with E-state index in [9.17, 15) is 0 Å². The topological polar surface area (TPSA) is 0 Å². The third-order valence-electron chi connectivity index (χ3n) is 0.733. The number of halogens is 1. The predicted octanol–water partition coefficient (Wildman–Crippen LogP) is 2.94. The van der Waals surface area contributed by atoms with E-state index in [1.165, 1.54) is 0 Å². The summed E-state index contributed by atoms with van der Waals surface area (Å²) in [6.07, 6.45) is 0. The zero-order valence-electron chi connectivity index (χ0n) is 5.34. The smallest absolute Gasteiger partial charge is 0.0175 e. The van der Waals surface area contributed by atoms with E-state index in [2.05, 4.69) is 25.2 Å². The van der Waals surface area contributed by atoms with Crippen molar-refractivity contribution in [3.63, 3.8) is 0 Å². The summed E-state index contributed by atoms with van der Waals surface area (Å²) in [6, 6.07) is 9.97. The molecule has 0 aliphatic carbocycles. The normalized spacial score (nSPS) is 7.44. The van der Waals surface area contributed by atoms with Gasteiger partial charge in [0, 0.05) is 4.47 Å². The molecule has 0 aliphatic rings. The molecule has 2 heteroatoms. The van der Waals surface area contributed by atoms with E-state index in [0.717, 1.165) is 4.47 Å². The molecule has 0 bridgehead atoms. The molecule has 0 radical (unpaired) electrons. The van der Waals surface area contributed by atoms with Crippen LogP contribution >= 0.6 is 25.2 Å². The zero-order valence-corrected chi connectivity index (χ0v) is 8.08. The van der Waals surface area contributed by atoms with Gasteiger partial charge in [-0.2, -0.15) is 0 Å². The zero-order chi connectivity index (χ0) is 7.11. The molecule has 1 rings (SSSR count). The minimum Gasteiger partial charge on any atom is -0.141 e. The van der Waals surface area contributed by atoms with Gasteiger partial charge >= 0.3 is 0 Å². The van der Waals surface area contributed by atoms with Crippen LogP contribution in [0.15, 0.2) is 34.8 Å². The van der Waals surface area contributed by atoms with Crippen LogP contribution in [0.25, 0.3) is 0 Å². The summed E-state index contributed by atoms with van der Waals surface area (Å²) in [6.45, 7) is 1.92. The van der Waals surface area contributed by atoms with Crippen molar-refractivity contribution in [3.8, 4) is 0 Å². The fourth-order valence-electron chi connectivity index (χ4n) is 0.415. The van der Waals surface area contributed by atoms with Gasteiger partial charge in [-0.15, -0.1) is 9.24 Å². The monoisotopic (exact) mass is 204 g/mol. The highest BCUT2D eigenvalue weighted by Crippen LogP contribution is 2.05. The Hall–Kier alpha value is 0.130. The van der Waals surface area contributed by atoms with Crippen molar-refractivity contribution < 1.29 is 0 Å². The summed E-state index contributed by atoms with van der Waals surface area (Å²) in [5, 5.41) is 0. The Morgan fingerprint density at radius 2 is 1.56 bits per heavy atom. The second-order valence-electron chi connectivity index (χ2n) is 1.30. The molecule has 0 heterocycles. The summed E-state index contributed by atoms with van der Waals surface area (Å²) in [7, 11) is 2.42. The van der Waals surface area contributed by atoms with Crippen molar-refractivity contribution in [1.82, 2.24) is 0 Å². The lowest BCUT2D eigenvalue weighted by atomic mass is 10.4. The molecular formula is C7H10BrP. The van der Waals surface area contributed by atoms with Crippen molar-refractivity contribution in [2.24, 2.45) is 0 Å². The lowest BCUT2D eigenvalue weighted by Crippen LogP contribution is -1.55. The Bertz CT molecular complexity index is 139. The van der Waals surface area contributed by atoms with E-state index in [4.69, 9.17) is 0 Å². The van der Waals surface area contributed by atoms with Gasteiger partial charge in [0.25, 0.3) is 0 Å². The molecule has 0 saturated heterocycles. The average molecular weight is 205 g/mol. The Morgan fingerprint density at radius 3 is 1.78 bits per heavy atom. The van der Waals surface area contributed by atoms with Crippen molar-refractivity contribution >= 4 is 25.2 Å². The summed E-state index contributed by atoms with van der Waals surface area (Å²) < 4.78 is 1.13. The Morgan fingerprint density at radius 1 is 1.11 bits per heavy atom. The maximum absolute atomic E-state index is 3.31. The second-order valence-corrected chi connectivity index (χ2v) is 2.21. The molecule has 0 amide bonds. The van der Waals surface area contributed by atoms with Crippen molar-refractivity contribution in [1.29, 1.82) is 0 Å². The van der Waals surface area contributed by atoms with E-state index >= 15 is 0 Å². The van der Waals surface area contributed by atoms with E-state index in [-0.39, 0.29) is 0 Å². The van der Waals surface area contributed by atoms with Crippen LogP contribution in [-0.4, -0.2) is 6.66 Å². The third-order valence-corrected chi connectivity index (χ3v) is 1.26. The first-order chi connectivity index (χ1) is 4.39. The van der Waals surface area contributed by atoms with Gasteiger partial charge in [-0.25, -0.2) is 0 Å². The first kappa shape index (κ1) is 9.13. The number of benzene rings is 1. The lowest BCUT2D eigenvalue weighted by Gasteiger charge is -1.80. The van der Waals surface area contributed by atoms with Crippen molar-refractivity contribution in [2.75, 3.05) is 6.66 Å².